The lowest BCUT2D eigenvalue weighted by Crippen LogP contribution is -2.38. The Morgan fingerprint density at radius 1 is 1.29 bits per heavy atom. The number of benzene rings is 1. The number of rotatable bonds is 4. The van der Waals surface area contributed by atoms with Crippen molar-refractivity contribution in [3.8, 4) is 0 Å². The molecule has 114 valence electrons. The number of hydrogen-bond donors (Lipinski definition) is 0. The molecule has 1 atom stereocenters. The summed E-state index contributed by atoms with van der Waals surface area (Å²) in [6.07, 6.45) is 6.42. The Balaban J connectivity index is 1.63. The molecular formula is C18H26N2O. The number of carbonyl (C=O) groups is 1. The van der Waals surface area contributed by atoms with Crippen molar-refractivity contribution in [2.45, 2.75) is 45.1 Å². The van der Waals surface area contributed by atoms with Crippen molar-refractivity contribution in [3.05, 3.63) is 29.3 Å². The fourth-order valence-electron chi connectivity index (χ4n) is 3.74. The molecule has 0 radical (unpaired) electrons. The van der Waals surface area contributed by atoms with Crippen LogP contribution in [0.15, 0.2) is 18.2 Å². The lowest BCUT2D eigenvalue weighted by molar-refractivity contribution is 0.101. The molecule has 0 amide bonds. The minimum Gasteiger partial charge on any atom is -0.371 e. The Kier molecular flexibility index (Phi) is 4.29. The molecule has 2 aliphatic rings. The second-order valence-corrected chi connectivity index (χ2v) is 6.56. The maximum absolute atomic E-state index is 11.5. The van der Waals surface area contributed by atoms with E-state index in [-0.39, 0.29) is 5.78 Å². The Hall–Kier alpha value is -1.35. The summed E-state index contributed by atoms with van der Waals surface area (Å²) in [4.78, 5) is 16.5. The third-order valence-electron chi connectivity index (χ3n) is 5.13. The molecule has 3 rings (SSSR count). The molecule has 0 aromatic heterocycles. The first kappa shape index (κ1) is 14.6. The minimum absolute atomic E-state index is 0.167. The monoisotopic (exact) mass is 286 g/mol. The molecule has 2 heterocycles. The van der Waals surface area contributed by atoms with Gasteiger partial charge in [-0.3, -0.25) is 4.79 Å². The molecule has 0 aliphatic carbocycles. The highest BCUT2D eigenvalue weighted by molar-refractivity contribution is 5.94. The van der Waals surface area contributed by atoms with Gasteiger partial charge < -0.3 is 9.80 Å². The van der Waals surface area contributed by atoms with E-state index in [2.05, 4.69) is 29.0 Å². The van der Waals surface area contributed by atoms with Crippen LogP contribution in [0.4, 0.5) is 5.69 Å². The van der Waals surface area contributed by atoms with Gasteiger partial charge in [0.25, 0.3) is 0 Å². The number of piperidine rings is 1. The first-order valence-electron chi connectivity index (χ1n) is 8.24. The van der Waals surface area contributed by atoms with Crippen molar-refractivity contribution in [1.29, 1.82) is 0 Å². The highest BCUT2D eigenvalue weighted by Crippen LogP contribution is 2.30. The molecule has 1 unspecified atom stereocenters. The molecule has 1 aromatic carbocycles. The first-order valence-corrected chi connectivity index (χ1v) is 8.24. The molecule has 0 bridgehead atoms. The molecule has 3 nitrogen and oxygen atoms in total. The Bertz CT molecular complexity index is 526. The van der Waals surface area contributed by atoms with E-state index in [4.69, 9.17) is 0 Å². The predicted octanol–water partition coefficient (Wildman–Crippen LogP) is 3.13. The number of carbonyl (C=O) groups excluding carboxylic acids is 1. The Morgan fingerprint density at radius 3 is 2.90 bits per heavy atom. The van der Waals surface area contributed by atoms with Crippen LogP contribution in [0, 0.1) is 0 Å². The van der Waals surface area contributed by atoms with Crippen LogP contribution in [0.25, 0.3) is 0 Å². The highest BCUT2D eigenvalue weighted by Gasteiger charge is 2.23. The number of anilines is 1. The van der Waals surface area contributed by atoms with Crippen LogP contribution in [0.5, 0.6) is 0 Å². The molecule has 2 aliphatic heterocycles. The molecule has 0 N–H and O–H groups in total. The summed E-state index contributed by atoms with van der Waals surface area (Å²) in [5.74, 6) is 0.167. The number of nitrogens with zero attached hydrogens (tertiary/aromatic N) is 2. The fourth-order valence-corrected chi connectivity index (χ4v) is 3.74. The van der Waals surface area contributed by atoms with Crippen molar-refractivity contribution in [2.75, 3.05) is 31.6 Å². The Morgan fingerprint density at radius 2 is 2.14 bits per heavy atom. The third kappa shape index (κ3) is 3.13. The van der Waals surface area contributed by atoms with Crippen LogP contribution in [0.1, 0.15) is 48.5 Å². The zero-order valence-electron chi connectivity index (χ0n) is 13.3. The number of fused-ring (bicyclic) bond motifs is 1. The van der Waals surface area contributed by atoms with Crippen LogP contribution in [0.3, 0.4) is 0 Å². The number of hydrogen-bond acceptors (Lipinski definition) is 3. The second kappa shape index (κ2) is 6.18. The third-order valence-corrected chi connectivity index (χ3v) is 5.13. The van der Waals surface area contributed by atoms with E-state index in [1.54, 1.807) is 6.92 Å². The molecule has 0 spiro atoms. The zero-order chi connectivity index (χ0) is 14.8. The molecule has 3 heteroatoms. The summed E-state index contributed by atoms with van der Waals surface area (Å²) < 4.78 is 0. The van der Waals surface area contributed by atoms with Crippen molar-refractivity contribution < 1.29 is 4.79 Å². The summed E-state index contributed by atoms with van der Waals surface area (Å²) >= 11 is 0. The smallest absolute Gasteiger partial charge is 0.159 e. The average Bonchev–Trinajstić information content (AvgIpc) is 2.88. The van der Waals surface area contributed by atoms with Crippen molar-refractivity contribution in [3.63, 3.8) is 0 Å². The Labute approximate surface area is 127 Å². The topological polar surface area (TPSA) is 23.6 Å². The second-order valence-electron chi connectivity index (χ2n) is 6.56. The summed E-state index contributed by atoms with van der Waals surface area (Å²) in [7, 11) is 2.26. The van der Waals surface area contributed by atoms with Gasteiger partial charge in [-0.25, -0.2) is 0 Å². The van der Waals surface area contributed by atoms with E-state index in [1.165, 1.54) is 43.5 Å². The van der Waals surface area contributed by atoms with Gasteiger partial charge >= 0.3 is 0 Å². The first-order chi connectivity index (χ1) is 10.1. The van der Waals surface area contributed by atoms with E-state index >= 15 is 0 Å². The van der Waals surface area contributed by atoms with Crippen LogP contribution < -0.4 is 4.90 Å². The summed E-state index contributed by atoms with van der Waals surface area (Å²) in [6, 6.07) is 6.96. The van der Waals surface area contributed by atoms with Crippen LogP contribution in [0.2, 0.25) is 0 Å². The molecular weight excluding hydrogens is 260 g/mol. The van der Waals surface area contributed by atoms with Crippen molar-refractivity contribution in [1.82, 2.24) is 4.90 Å². The van der Waals surface area contributed by atoms with E-state index in [9.17, 15) is 4.79 Å². The minimum atomic E-state index is 0.167. The van der Waals surface area contributed by atoms with E-state index < -0.39 is 0 Å². The van der Waals surface area contributed by atoms with Crippen molar-refractivity contribution in [2.24, 2.45) is 0 Å². The van der Waals surface area contributed by atoms with Gasteiger partial charge in [-0.05, 0) is 70.0 Å². The van der Waals surface area contributed by atoms with Gasteiger partial charge in [0.05, 0.1) is 0 Å². The van der Waals surface area contributed by atoms with Crippen molar-refractivity contribution >= 4 is 11.5 Å². The van der Waals surface area contributed by atoms with Crippen LogP contribution >= 0.6 is 0 Å². The standard InChI is InChI=1S/C18H26N2O/c1-14(21)15-6-7-18-16(13-15)8-11-20(18)12-9-17-5-3-4-10-19(17)2/h6-7,13,17H,3-5,8-12H2,1-2H3. The highest BCUT2D eigenvalue weighted by atomic mass is 16.1. The molecule has 0 saturated carbocycles. The molecule has 1 aromatic rings. The van der Waals surface area contributed by atoms with E-state index in [1.807, 2.05) is 6.07 Å². The van der Waals surface area contributed by atoms with Gasteiger partial charge in [-0.2, -0.15) is 0 Å². The fraction of sp³-hybridized carbons (Fsp3) is 0.611. The summed E-state index contributed by atoms with van der Waals surface area (Å²) in [5, 5.41) is 0. The summed E-state index contributed by atoms with van der Waals surface area (Å²) in [5.41, 5.74) is 3.54. The molecule has 1 saturated heterocycles. The average molecular weight is 286 g/mol. The van der Waals surface area contributed by atoms with Gasteiger partial charge in [0.2, 0.25) is 0 Å². The van der Waals surface area contributed by atoms with Gasteiger partial charge in [-0.1, -0.05) is 6.42 Å². The molecule has 1 fully saturated rings. The van der Waals surface area contributed by atoms with Gasteiger partial charge in [0, 0.05) is 30.4 Å². The molecule has 21 heavy (non-hydrogen) atoms. The van der Waals surface area contributed by atoms with E-state index in [0.717, 1.165) is 31.1 Å². The maximum atomic E-state index is 11.5. The number of likely N-dealkylation sites (tertiary alicyclic amines) is 1. The van der Waals surface area contributed by atoms with Gasteiger partial charge in [-0.15, -0.1) is 0 Å². The SMILES string of the molecule is CC(=O)c1ccc2c(c1)CCN2CCC1CCCCN1C. The zero-order valence-corrected chi connectivity index (χ0v) is 13.3. The lowest BCUT2D eigenvalue weighted by Gasteiger charge is -2.34. The predicted molar refractivity (Wildman–Crippen MR) is 87.2 cm³/mol. The lowest BCUT2D eigenvalue weighted by atomic mass is 10.00. The number of Topliss-reactive ketones (excluding diaryl/α,β-unsaturated/α-hetero) is 1. The van der Waals surface area contributed by atoms with Gasteiger partial charge in [0.15, 0.2) is 5.78 Å². The summed E-state index contributed by atoms with van der Waals surface area (Å²) in [6.45, 7) is 5.14. The van der Waals surface area contributed by atoms with Gasteiger partial charge in [0.1, 0.15) is 0 Å². The van der Waals surface area contributed by atoms with Crippen LogP contribution in [-0.2, 0) is 6.42 Å². The largest absolute Gasteiger partial charge is 0.371 e. The van der Waals surface area contributed by atoms with Crippen LogP contribution in [-0.4, -0.2) is 43.4 Å². The number of ketones is 1. The normalized spacial score (nSPS) is 22.4. The quantitative estimate of drug-likeness (QED) is 0.795. The van der Waals surface area contributed by atoms with E-state index in [0.29, 0.717) is 0 Å². The maximum Gasteiger partial charge on any atom is 0.159 e.